The third-order valence-corrected chi connectivity index (χ3v) is 6.57. The van der Waals surface area contributed by atoms with Crippen LogP contribution in [0.1, 0.15) is 31.9 Å². The van der Waals surface area contributed by atoms with Crippen LogP contribution in [0.25, 0.3) is 0 Å². The second-order valence-corrected chi connectivity index (χ2v) is 10.4. The Morgan fingerprint density at radius 1 is 0.933 bits per heavy atom. The molecule has 162 valence electrons. The van der Waals surface area contributed by atoms with E-state index in [2.05, 4.69) is 51.0 Å². The predicted molar refractivity (Wildman–Crippen MR) is 132 cm³/mol. The average molecular weight is 556 g/mol. The molecule has 0 saturated carbocycles. The van der Waals surface area contributed by atoms with Gasteiger partial charge in [0, 0.05) is 27.8 Å². The van der Waals surface area contributed by atoms with Crippen molar-refractivity contribution in [1.29, 1.82) is 0 Å². The fourth-order valence-corrected chi connectivity index (χ4v) is 4.14. The molecule has 1 atom stereocenters. The van der Waals surface area contributed by atoms with Crippen LogP contribution in [0.15, 0.2) is 57.5 Å². The van der Waals surface area contributed by atoms with E-state index < -0.39 is 6.04 Å². The molecule has 0 unspecified atom stereocenters. The van der Waals surface area contributed by atoms with E-state index in [0.717, 1.165) is 25.8 Å². The molecule has 0 fully saturated rings. The van der Waals surface area contributed by atoms with Crippen LogP contribution in [-0.2, 0) is 21.9 Å². The molecule has 2 amide bonds. The van der Waals surface area contributed by atoms with Crippen LogP contribution in [0.5, 0.6) is 0 Å². The minimum atomic E-state index is -0.534. The summed E-state index contributed by atoms with van der Waals surface area (Å²) in [6.45, 7) is 6.90. The Labute approximate surface area is 200 Å². The van der Waals surface area contributed by atoms with E-state index in [0.29, 0.717) is 24.8 Å². The van der Waals surface area contributed by atoms with Gasteiger partial charge in [-0.05, 0) is 48.2 Å². The van der Waals surface area contributed by atoms with Crippen molar-refractivity contribution in [3.05, 3.63) is 68.6 Å². The number of thioether (sulfide) groups is 1. The van der Waals surface area contributed by atoms with Gasteiger partial charge >= 0.3 is 0 Å². The Morgan fingerprint density at radius 3 is 2.00 bits per heavy atom. The summed E-state index contributed by atoms with van der Waals surface area (Å²) in [4.78, 5) is 27.4. The lowest BCUT2D eigenvalue weighted by Gasteiger charge is -2.29. The molecule has 2 aromatic rings. The van der Waals surface area contributed by atoms with Gasteiger partial charge in [-0.2, -0.15) is 0 Å². The van der Waals surface area contributed by atoms with Crippen molar-refractivity contribution >= 4 is 55.4 Å². The fraction of sp³-hybridized carbons (Fsp3) is 0.391. The van der Waals surface area contributed by atoms with Crippen LogP contribution in [0, 0.1) is 5.92 Å². The number of nitrogens with one attached hydrogen (secondary N) is 1. The third kappa shape index (κ3) is 8.44. The summed E-state index contributed by atoms with van der Waals surface area (Å²) in [5, 5.41) is 2.95. The zero-order chi connectivity index (χ0) is 22.1. The van der Waals surface area contributed by atoms with E-state index in [-0.39, 0.29) is 11.8 Å². The normalized spacial score (nSPS) is 11.9. The van der Waals surface area contributed by atoms with Gasteiger partial charge in [-0.1, -0.05) is 70.0 Å². The Morgan fingerprint density at radius 2 is 1.47 bits per heavy atom. The zero-order valence-corrected chi connectivity index (χ0v) is 21.5. The first kappa shape index (κ1) is 25.0. The molecule has 4 nitrogen and oxygen atoms in total. The number of halogens is 2. The summed E-state index contributed by atoms with van der Waals surface area (Å²) in [5.74, 6) is 1.28. The molecular weight excluding hydrogens is 528 g/mol. The highest BCUT2D eigenvalue weighted by atomic mass is 79.9. The molecule has 0 bridgehead atoms. The molecular formula is C23H28Br2N2O2S. The van der Waals surface area contributed by atoms with Crippen molar-refractivity contribution in [2.24, 2.45) is 5.92 Å². The van der Waals surface area contributed by atoms with Gasteiger partial charge in [0.2, 0.25) is 11.8 Å². The highest BCUT2D eigenvalue weighted by molar-refractivity contribution is 9.10. The van der Waals surface area contributed by atoms with Crippen LogP contribution in [0.2, 0.25) is 0 Å². The number of hydrogen-bond acceptors (Lipinski definition) is 3. The predicted octanol–water partition coefficient (Wildman–Crippen LogP) is 5.63. The summed E-state index contributed by atoms with van der Waals surface area (Å²) in [7, 11) is 0. The van der Waals surface area contributed by atoms with Gasteiger partial charge in [-0.3, -0.25) is 9.59 Å². The van der Waals surface area contributed by atoms with E-state index in [9.17, 15) is 9.59 Å². The Balaban J connectivity index is 2.04. The van der Waals surface area contributed by atoms with Gasteiger partial charge < -0.3 is 10.2 Å². The van der Waals surface area contributed by atoms with Gasteiger partial charge in [0.15, 0.2) is 0 Å². The van der Waals surface area contributed by atoms with Gasteiger partial charge in [-0.15, -0.1) is 11.8 Å². The molecule has 0 spiro atoms. The zero-order valence-electron chi connectivity index (χ0n) is 17.5. The molecule has 0 saturated heterocycles. The summed E-state index contributed by atoms with van der Waals surface area (Å²) in [6, 6.07) is 15.4. The Kier molecular flexibility index (Phi) is 10.4. The number of carbonyl (C=O) groups excluding carboxylic acids is 2. The van der Waals surface area contributed by atoms with Crippen LogP contribution >= 0.6 is 43.6 Å². The minimum absolute atomic E-state index is 0.0350. The number of rotatable bonds is 10. The summed E-state index contributed by atoms with van der Waals surface area (Å²) in [6.07, 6.45) is 0. The quantitative estimate of drug-likeness (QED) is 0.413. The molecule has 0 aliphatic heterocycles. The van der Waals surface area contributed by atoms with Gasteiger partial charge in [-0.25, -0.2) is 0 Å². The van der Waals surface area contributed by atoms with Crippen molar-refractivity contribution in [1.82, 2.24) is 10.2 Å². The van der Waals surface area contributed by atoms with Crippen molar-refractivity contribution in [2.75, 3.05) is 12.3 Å². The van der Waals surface area contributed by atoms with Crippen LogP contribution in [0.4, 0.5) is 0 Å². The molecule has 0 heterocycles. The molecule has 2 rings (SSSR count). The molecule has 0 radical (unpaired) electrons. The standard InChI is InChI=1S/C23H28Br2N2O2S/c1-16(2)12-26-23(29)17(3)27(13-18-4-8-20(24)9-5-18)22(28)15-30-14-19-6-10-21(25)11-7-19/h4-11,16-17H,12-15H2,1-3H3,(H,26,29)/t17-/m0/s1. The van der Waals surface area contributed by atoms with Crippen LogP contribution in [0.3, 0.4) is 0 Å². The van der Waals surface area contributed by atoms with Crippen molar-refractivity contribution < 1.29 is 9.59 Å². The highest BCUT2D eigenvalue weighted by Crippen LogP contribution is 2.19. The van der Waals surface area contributed by atoms with E-state index >= 15 is 0 Å². The fourth-order valence-electron chi connectivity index (χ4n) is 2.74. The molecule has 30 heavy (non-hydrogen) atoms. The second-order valence-electron chi connectivity index (χ2n) is 7.58. The topological polar surface area (TPSA) is 49.4 Å². The Bertz CT molecular complexity index is 826. The highest BCUT2D eigenvalue weighted by Gasteiger charge is 2.26. The largest absolute Gasteiger partial charge is 0.354 e. The molecule has 7 heteroatoms. The number of carbonyl (C=O) groups is 2. The smallest absolute Gasteiger partial charge is 0.242 e. The lowest BCUT2D eigenvalue weighted by molar-refractivity contribution is -0.138. The maximum absolute atomic E-state index is 13.1. The van der Waals surface area contributed by atoms with Gasteiger partial charge in [0.25, 0.3) is 0 Å². The second kappa shape index (κ2) is 12.5. The lowest BCUT2D eigenvalue weighted by atomic mass is 10.1. The van der Waals surface area contributed by atoms with Crippen molar-refractivity contribution in [2.45, 2.75) is 39.1 Å². The number of amides is 2. The number of nitrogens with zero attached hydrogens (tertiary/aromatic N) is 1. The van der Waals surface area contributed by atoms with E-state index in [4.69, 9.17) is 0 Å². The maximum Gasteiger partial charge on any atom is 0.242 e. The molecule has 0 aliphatic carbocycles. The monoisotopic (exact) mass is 554 g/mol. The summed E-state index contributed by atoms with van der Waals surface area (Å²) < 4.78 is 2.02. The van der Waals surface area contributed by atoms with Crippen molar-refractivity contribution in [3.63, 3.8) is 0 Å². The molecule has 1 N–H and O–H groups in total. The average Bonchev–Trinajstić information content (AvgIpc) is 2.72. The SMILES string of the molecule is CC(C)CNC(=O)[C@H](C)N(Cc1ccc(Br)cc1)C(=O)CSCc1ccc(Br)cc1. The minimum Gasteiger partial charge on any atom is -0.354 e. The van der Waals surface area contributed by atoms with E-state index in [1.165, 1.54) is 0 Å². The van der Waals surface area contributed by atoms with Crippen LogP contribution < -0.4 is 5.32 Å². The van der Waals surface area contributed by atoms with Gasteiger partial charge in [0.1, 0.15) is 6.04 Å². The number of hydrogen-bond donors (Lipinski definition) is 1. The molecule has 0 aromatic heterocycles. The number of benzene rings is 2. The lowest BCUT2D eigenvalue weighted by Crippen LogP contribution is -2.48. The first-order valence-electron chi connectivity index (χ1n) is 9.90. The van der Waals surface area contributed by atoms with E-state index in [1.54, 1.807) is 23.6 Å². The first-order valence-corrected chi connectivity index (χ1v) is 12.6. The summed E-state index contributed by atoms with van der Waals surface area (Å²) >= 11 is 8.43. The van der Waals surface area contributed by atoms with E-state index in [1.807, 2.05) is 48.5 Å². The maximum atomic E-state index is 13.1. The summed E-state index contributed by atoms with van der Waals surface area (Å²) in [5.41, 5.74) is 2.16. The Hall–Kier alpha value is -1.31. The molecule has 0 aliphatic rings. The van der Waals surface area contributed by atoms with Crippen molar-refractivity contribution in [3.8, 4) is 0 Å². The van der Waals surface area contributed by atoms with Gasteiger partial charge in [0.05, 0.1) is 5.75 Å². The third-order valence-electron chi connectivity index (χ3n) is 4.53. The molecule has 2 aromatic carbocycles. The van der Waals surface area contributed by atoms with Crippen LogP contribution in [-0.4, -0.2) is 35.1 Å². The first-order chi connectivity index (χ1) is 14.3.